The minimum atomic E-state index is -5.10. The number of aromatic amines is 1. The summed E-state index contributed by atoms with van der Waals surface area (Å²) in [7, 11) is -12.9. The summed E-state index contributed by atoms with van der Waals surface area (Å²) in [5, 5.41) is -0.357. The van der Waals surface area contributed by atoms with Crippen LogP contribution in [-0.4, -0.2) is 101 Å². The zero-order chi connectivity index (χ0) is 38.0. The largest absolute Gasteiger partial charge is 0.472 e. The number of hydrogen-bond donors (Lipinski definition) is 5. The number of hydrogen-bond acceptors (Lipinski definition) is 16. The fraction of sp³-hybridized carbons (Fsp3) is 0.643. The van der Waals surface area contributed by atoms with Crippen molar-refractivity contribution >= 4 is 58.1 Å². The highest BCUT2D eigenvalue weighted by Crippen LogP contribution is 2.72. The third kappa shape index (κ3) is 6.06. The van der Waals surface area contributed by atoms with Gasteiger partial charge in [0.2, 0.25) is 5.95 Å². The molecule has 2 bridgehead atoms. The Bertz CT molecular complexity index is 2270. The maximum absolute atomic E-state index is 16.3. The van der Waals surface area contributed by atoms with Crippen LogP contribution in [0, 0.1) is 11.3 Å². The molecule has 0 radical (unpaired) electrons. The Morgan fingerprint density at radius 2 is 1.70 bits per heavy atom. The van der Waals surface area contributed by atoms with Gasteiger partial charge in [-0.05, 0) is 30.5 Å². The Kier molecular flexibility index (Phi) is 8.42. The maximum atomic E-state index is 16.3. The topological polar surface area (TPSA) is 289 Å². The van der Waals surface area contributed by atoms with Gasteiger partial charge in [-0.2, -0.15) is 4.98 Å². The summed E-state index contributed by atoms with van der Waals surface area (Å²) in [5.41, 5.74) is 10.4. The number of nitrogen functional groups attached to an aromatic ring is 2. The number of nitrogens with one attached hydrogen (secondary N) is 1. The molecule has 4 fully saturated rings. The molecule has 2 aliphatic heterocycles. The van der Waals surface area contributed by atoms with E-state index in [0.29, 0.717) is 6.42 Å². The number of ether oxygens (including phenoxy) is 1. The molecule has 0 aromatic carbocycles. The number of halogens is 1. The summed E-state index contributed by atoms with van der Waals surface area (Å²) in [5.74, 6) is -0.659. The quantitative estimate of drug-likeness (QED) is 0.146. The van der Waals surface area contributed by atoms with E-state index in [0.717, 1.165) is 6.33 Å². The standard InChI is InChI=1S/C28H39FN10O11P2Si/c1-27(2,3)53(4,5)50-20-19-17(38-10-35-16-23(38)36-26(31)37-24(16)40)12-6-28(12,20)8-46-52(43,44)48-18-13(7-45-51(41,42)49-19)47-25(14(18)29)39-11-34-15-21(30)32-9-33-22(15)39/h9-14,17-20,25H,6-8H2,1-5H3,(H,41,42)(H,43,44)(H2,30,32,33)(H3,31,36,37,40)/t12-,13-,14-,17-,18-,19+,20+,25-,28+/m1/s1. The predicted octanol–water partition coefficient (Wildman–Crippen LogP) is 2.33. The summed E-state index contributed by atoms with van der Waals surface area (Å²) in [4.78, 5) is 58.2. The fourth-order valence-corrected chi connectivity index (χ4v) is 10.7. The van der Waals surface area contributed by atoms with E-state index in [-0.39, 0.29) is 39.1 Å². The van der Waals surface area contributed by atoms with Crippen molar-refractivity contribution in [3.05, 3.63) is 29.3 Å². The van der Waals surface area contributed by atoms with Gasteiger partial charge in [0.15, 0.2) is 43.3 Å². The van der Waals surface area contributed by atoms with Crippen molar-refractivity contribution in [1.82, 2.24) is 39.0 Å². The zero-order valence-electron chi connectivity index (χ0n) is 29.1. The van der Waals surface area contributed by atoms with Crippen LogP contribution in [0.25, 0.3) is 22.3 Å². The van der Waals surface area contributed by atoms with Gasteiger partial charge < -0.3 is 35.0 Å². The van der Waals surface area contributed by atoms with Gasteiger partial charge in [0.1, 0.15) is 30.2 Å². The second-order valence-corrected chi connectivity index (χ2v) is 22.9. The van der Waals surface area contributed by atoms with Gasteiger partial charge in [-0.1, -0.05) is 20.8 Å². The number of nitrogens with zero attached hydrogens (tertiary/aromatic N) is 7. The average molecular weight is 801 g/mol. The van der Waals surface area contributed by atoms with E-state index < -0.39 is 96.9 Å². The number of anilines is 2. The molecule has 288 valence electrons. The van der Waals surface area contributed by atoms with Crippen LogP contribution in [0.2, 0.25) is 18.1 Å². The molecule has 2 unspecified atom stereocenters. The van der Waals surface area contributed by atoms with Crippen LogP contribution in [0.3, 0.4) is 0 Å². The second-order valence-electron chi connectivity index (χ2n) is 15.3. The minimum absolute atomic E-state index is 0.0205. The van der Waals surface area contributed by atoms with E-state index in [9.17, 15) is 23.7 Å². The van der Waals surface area contributed by atoms with E-state index in [1.165, 1.54) is 21.8 Å². The molecular formula is C28H39FN10O11P2Si. The van der Waals surface area contributed by atoms with Gasteiger partial charge in [-0.25, -0.2) is 33.5 Å². The lowest BCUT2D eigenvalue weighted by Crippen LogP contribution is -2.50. The summed E-state index contributed by atoms with van der Waals surface area (Å²) in [6.07, 6.45) is -5.38. The highest BCUT2D eigenvalue weighted by atomic mass is 31.2. The number of fused-ring (bicyclic) bond motifs is 4. The monoisotopic (exact) mass is 800 g/mol. The molecule has 2 saturated heterocycles. The molecule has 7 N–H and O–H groups in total. The van der Waals surface area contributed by atoms with E-state index in [1.807, 2.05) is 33.9 Å². The van der Waals surface area contributed by atoms with Crippen LogP contribution in [0.4, 0.5) is 16.2 Å². The molecule has 1 spiro atoms. The highest BCUT2D eigenvalue weighted by Gasteiger charge is 2.75. The van der Waals surface area contributed by atoms with Gasteiger partial charge in [0, 0.05) is 5.41 Å². The van der Waals surface area contributed by atoms with Gasteiger partial charge in [0.25, 0.3) is 5.56 Å². The number of phosphoric ester groups is 2. The van der Waals surface area contributed by atoms with Crippen molar-refractivity contribution in [3.8, 4) is 0 Å². The Balaban J connectivity index is 1.19. The van der Waals surface area contributed by atoms with Crippen molar-refractivity contribution in [2.24, 2.45) is 11.3 Å². The summed E-state index contributed by atoms with van der Waals surface area (Å²) in [6.45, 7) is 8.67. The van der Waals surface area contributed by atoms with Crippen molar-refractivity contribution < 1.29 is 50.6 Å². The minimum Gasteiger partial charge on any atom is -0.411 e. The Labute approximate surface area is 300 Å². The number of rotatable bonds is 4. The van der Waals surface area contributed by atoms with Gasteiger partial charge in [0.05, 0.1) is 38.0 Å². The lowest BCUT2D eigenvalue weighted by molar-refractivity contribution is -0.0522. The van der Waals surface area contributed by atoms with Crippen LogP contribution in [0.15, 0.2) is 23.8 Å². The Morgan fingerprint density at radius 3 is 2.43 bits per heavy atom. The molecule has 11 atom stereocenters. The van der Waals surface area contributed by atoms with E-state index >= 15 is 4.39 Å². The highest BCUT2D eigenvalue weighted by molar-refractivity contribution is 7.47. The number of imidazole rings is 2. The number of nitrogens with two attached hydrogens (primary N) is 2. The lowest BCUT2D eigenvalue weighted by atomic mass is 10.0. The first-order valence-electron chi connectivity index (χ1n) is 16.7. The van der Waals surface area contributed by atoms with Gasteiger partial charge >= 0.3 is 15.6 Å². The number of phosphoric acid groups is 2. The van der Waals surface area contributed by atoms with Crippen LogP contribution in [0.5, 0.6) is 0 Å². The third-order valence-electron chi connectivity index (χ3n) is 11.1. The average Bonchev–Trinajstić information content (AvgIpc) is 3.32. The van der Waals surface area contributed by atoms with Gasteiger partial charge in [-0.15, -0.1) is 0 Å². The zero-order valence-corrected chi connectivity index (χ0v) is 31.9. The number of aromatic nitrogens is 8. The fourth-order valence-electron chi connectivity index (χ4n) is 7.40. The summed E-state index contributed by atoms with van der Waals surface area (Å²) in [6, 6.07) is -0.878. The third-order valence-corrected chi connectivity index (χ3v) is 17.5. The van der Waals surface area contributed by atoms with E-state index in [4.69, 9.17) is 38.7 Å². The molecule has 25 heteroatoms. The molecule has 2 aliphatic carbocycles. The molecule has 21 nitrogen and oxygen atoms in total. The first-order valence-corrected chi connectivity index (χ1v) is 22.6. The predicted molar refractivity (Wildman–Crippen MR) is 184 cm³/mol. The Morgan fingerprint density at radius 1 is 1.02 bits per heavy atom. The molecule has 0 amide bonds. The number of H-pyrrole nitrogens is 1. The number of alkyl halides is 1. The molecular weight excluding hydrogens is 761 g/mol. The van der Waals surface area contributed by atoms with E-state index in [2.05, 4.69) is 29.9 Å². The van der Waals surface area contributed by atoms with Crippen LogP contribution in [-0.2, 0) is 36.4 Å². The molecule has 8 rings (SSSR count). The van der Waals surface area contributed by atoms with Crippen LogP contribution in [0.1, 0.15) is 39.5 Å². The van der Waals surface area contributed by atoms with E-state index in [1.54, 1.807) is 0 Å². The molecule has 4 aromatic rings. The van der Waals surface area contributed by atoms with Crippen molar-refractivity contribution in [2.75, 3.05) is 24.7 Å². The van der Waals surface area contributed by atoms with Crippen molar-refractivity contribution in [1.29, 1.82) is 0 Å². The van der Waals surface area contributed by atoms with Gasteiger partial charge in [-0.3, -0.25) is 32.4 Å². The molecule has 4 aliphatic rings. The summed E-state index contributed by atoms with van der Waals surface area (Å²) >= 11 is 0. The second kappa shape index (κ2) is 12.1. The normalized spacial score (nSPS) is 37.9. The smallest absolute Gasteiger partial charge is 0.411 e. The SMILES string of the molecule is CC(C)(C)[Si](C)(C)O[C@H]1[C@H]2OP(=O)(O)OC[C@H]3O[C@@H](n4cnc5c(N)ncnc54)[C@H](F)[C@@H]3OP(=O)(O)OC[C@]13C[C@@H]3[C@H]2n1cnc2c(=O)[nH]c(N)nc21. The van der Waals surface area contributed by atoms with Crippen molar-refractivity contribution in [2.45, 2.75) is 88.2 Å². The lowest BCUT2D eigenvalue weighted by Gasteiger charge is -2.43. The van der Waals surface area contributed by atoms with Crippen LogP contribution >= 0.6 is 15.6 Å². The Hall–Kier alpha value is -3.21. The summed E-state index contributed by atoms with van der Waals surface area (Å²) < 4.78 is 82.1. The first kappa shape index (κ1) is 36.7. The molecule has 6 heterocycles. The maximum Gasteiger partial charge on any atom is 0.472 e. The van der Waals surface area contributed by atoms with Crippen LogP contribution < -0.4 is 17.0 Å². The molecule has 53 heavy (non-hydrogen) atoms. The first-order chi connectivity index (χ1) is 24.7. The molecule has 4 aromatic heterocycles. The van der Waals surface area contributed by atoms with Crippen molar-refractivity contribution in [3.63, 3.8) is 0 Å². The molecule has 2 saturated carbocycles.